The number of rotatable bonds is 7. The highest BCUT2D eigenvalue weighted by molar-refractivity contribution is 6.17. The molecule has 0 radical (unpaired) electrons. The van der Waals surface area contributed by atoms with Gasteiger partial charge in [0.05, 0.1) is 33.4 Å². The average molecular weight is 778 g/mol. The average Bonchev–Trinajstić information content (AvgIpc) is 3.85. The molecule has 0 aliphatic carbocycles. The van der Waals surface area contributed by atoms with E-state index in [-0.39, 0.29) is 0 Å². The monoisotopic (exact) mass is 777 g/mol. The fraction of sp³-hybridized carbons (Fsp3) is 0. The first-order valence-electron chi connectivity index (χ1n) is 20.9. The molecule has 0 aliphatic rings. The lowest BCUT2D eigenvalue weighted by molar-refractivity contribution is 1.18. The number of para-hydroxylation sites is 4. The van der Waals surface area contributed by atoms with Gasteiger partial charge in [-0.3, -0.25) is 0 Å². The Morgan fingerprint density at radius 2 is 0.803 bits per heavy atom. The van der Waals surface area contributed by atoms with Crippen molar-refractivity contribution in [2.45, 2.75) is 0 Å². The predicted molar refractivity (Wildman–Crippen MR) is 258 cm³/mol. The van der Waals surface area contributed by atoms with E-state index >= 15 is 0 Å². The summed E-state index contributed by atoms with van der Waals surface area (Å²) >= 11 is 0. The molecule has 0 saturated carbocycles. The minimum Gasteiger partial charge on any atom is -0.309 e. The molecule has 10 aromatic carbocycles. The molecule has 0 amide bonds. The molecular weight excluding hydrogens is 739 g/mol. The first-order valence-corrected chi connectivity index (χ1v) is 20.9. The summed E-state index contributed by atoms with van der Waals surface area (Å²) in [5, 5.41) is 7.32. The van der Waals surface area contributed by atoms with E-state index in [1.165, 1.54) is 71.1 Å². The van der Waals surface area contributed by atoms with Crippen molar-refractivity contribution < 1.29 is 0 Å². The Hall–Kier alpha value is -8.14. The van der Waals surface area contributed by atoms with Gasteiger partial charge in [0.1, 0.15) is 0 Å². The van der Waals surface area contributed by atoms with E-state index in [0.717, 1.165) is 34.0 Å². The van der Waals surface area contributed by atoms with Gasteiger partial charge in [-0.05, 0) is 100 Å². The third kappa shape index (κ3) is 5.66. The van der Waals surface area contributed by atoms with Gasteiger partial charge in [0, 0.05) is 44.0 Å². The van der Waals surface area contributed by atoms with Crippen molar-refractivity contribution in [2.75, 3.05) is 4.90 Å². The van der Waals surface area contributed by atoms with Crippen molar-refractivity contribution in [1.82, 2.24) is 9.13 Å². The smallest absolute Gasteiger partial charge is 0.0562 e. The van der Waals surface area contributed by atoms with E-state index in [1.54, 1.807) is 0 Å². The van der Waals surface area contributed by atoms with Crippen LogP contribution in [-0.4, -0.2) is 9.13 Å². The van der Waals surface area contributed by atoms with Crippen LogP contribution in [0, 0.1) is 0 Å². The highest BCUT2D eigenvalue weighted by Crippen LogP contribution is 2.47. The first kappa shape index (κ1) is 34.9. The minimum atomic E-state index is 1.09. The predicted octanol–water partition coefficient (Wildman–Crippen LogP) is 15.8. The van der Waals surface area contributed by atoms with Gasteiger partial charge >= 0.3 is 0 Å². The summed E-state index contributed by atoms with van der Waals surface area (Å²) in [5.41, 5.74) is 15.1. The van der Waals surface area contributed by atoms with Crippen LogP contribution in [0.3, 0.4) is 0 Å². The molecule has 2 heterocycles. The Balaban J connectivity index is 1.07. The van der Waals surface area contributed by atoms with Crippen LogP contribution in [-0.2, 0) is 0 Å². The van der Waals surface area contributed by atoms with Crippen LogP contribution in [0.5, 0.6) is 0 Å². The number of anilines is 3. The summed E-state index contributed by atoms with van der Waals surface area (Å²) in [6.45, 7) is 0. The fourth-order valence-electron chi connectivity index (χ4n) is 9.65. The molecule has 0 fully saturated rings. The summed E-state index contributed by atoms with van der Waals surface area (Å²) in [4.78, 5) is 2.48. The molecule has 0 N–H and O–H groups in total. The number of fused-ring (bicyclic) bond motifs is 7. The van der Waals surface area contributed by atoms with Gasteiger partial charge in [0.2, 0.25) is 0 Å². The van der Waals surface area contributed by atoms with Gasteiger partial charge in [-0.1, -0.05) is 164 Å². The Bertz CT molecular complexity index is 3590. The topological polar surface area (TPSA) is 13.1 Å². The van der Waals surface area contributed by atoms with Crippen molar-refractivity contribution in [3.05, 3.63) is 237 Å². The van der Waals surface area contributed by atoms with Gasteiger partial charge in [0.25, 0.3) is 0 Å². The zero-order chi connectivity index (χ0) is 40.3. The summed E-state index contributed by atoms with van der Waals surface area (Å²) < 4.78 is 4.80. The molecule has 0 spiro atoms. The molecule has 12 aromatic rings. The molecule has 2 aromatic heterocycles. The van der Waals surface area contributed by atoms with Crippen LogP contribution < -0.4 is 4.90 Å². The highest BCUT2D eigenvalue weighted by Gasteiger charge is 2.23. The van der Waals surface area contributed by atoms with Gasteiger partial charge in [-0.2, -0.15) is 0 Å². The summed E-state index contributed by atoms with van der Waals surface area (Å²) in [5.74, 6) is 0. The van der Waals surface area contributed by atoms with Crippen LogP contribution in [0.4, 0.5) is 17.1 Å². The van der Waals surface area contributed by atoms with Crippen LogP contribution in [0.1, 0.15) is 0 Å². The quantitative estimate of drug-likeness (QED) is 0.157. The maximum atomic E-state index is 2.48. The van der Waals surface area contributed by atoms with E-state index in [0.29, 0.717) is 0 Å². The molecule has 0 saturated heterocycles. The van der Waals surface area contributed by atoms with Crippen molar-refractivity contribution in [3.63, 3.8) is 0 Å². The third-order valence-corrected chi connectivity index (χ3v) is 12.3. The van der Waals surface area contributed by atoms with Crippen LogP contribution in [0.25, 0.3) is 88.0 Å². The molecule has 12 rings (SSSR count). The Morgan fingerprint density at radius 3 is 1.56 bits per heavy atom. The maximum Gasteiger partial charge on any atom is 0.0562 e. The van der Waals surface area contributed by atoms with Crippen LogP contribution >= 0.6 is 0 Å². The van der Waals surface area contributed by atoms with E-state index < -0.39 is 0 Å². The Labute approximate surface area is 354 Å². The number of aromatic nitrogens is 2. The van der Waals surface area contributed by atoms with Crippen LogP contribution in [0.15, 0.2) is 237 Å². The molecule has 3 heteroatoms. The van der Waals surface area contributed by atoms with Crippen molar-refractivity contribution in [1.29, 1.82) is 0 Å². The highest BCUT2D eigenvalue weighted by atomic mass is 15.1. The first-order chi connectivity index (χ1) is 30.3. The van der Waals surface area contributed by atoms with Gasteiger partial charge in [-0.15, -0.1) is 0 Å². The van der Waals surface area contributed by atoms with E-state index in [4.69, 9.17) is 0 Å². The Morgan fingerprint density at radius 1 is 0.295 bits per heavy atom. The number of hydrogen-bond acceptors (Lipinski definition) is 1. The number of nitrogens with zero attached hydrogens (tertiary/aromatic N) is 3. The lowest BCUT2D eigenvalue weighted by atomic mass is 9.93. The molecule has 0 atom stereocenters. The van der Waals surface area contributed by atoms with E-state index in [9.17, 15) is 0 Å². The SMILES string of the molecule is c1ccc(-n2c3ccccc3c3ccc(-c4ccccc4-c4cccc(N(c5cccc6ccccc56)c5cccc6c5c5ccccc5n6-c5ccccc5)c4)cc32)cc1. The minimum absolute atomic E-state index is 1.09. The van der Waals surface area contributed by atoms with Crippen molar-refractivity contribution in [2.24, 2.45) is 0 Å². The lowest BCUT2D eigenvalue weighted by Gasteiger charge is -2.28. The number of hydrogen-bond donors (Lipinski definition) is 0. The summed E-state index contributed by atoms with van der Waals surface area (Å²) in [6.07, 6.45) is 0. The molecule has 3 nitrogen and oxygen atoms in total. The molecule has 61 heavy (non-hydrogen) atoms. The van der Waals surface area contributed by atoms with Gasteiger partial charge in [0.15, 0.2) is 0 Å². The fourth-order valence-corrected chi connectivity index (χ4v) is 9.65. The molecular formula is C58H39N3. The lowest BCUT2D eigenvalue weighted by Crippen LogP contribution is -2.11. The van der Waals surface area contributed by atoms with Crippen molar-refractivity contribution >= 4 is 71.4 Å². The Kier molecular flexibility index (Phi) is 8.17. The van der Waals surface area contributed by atoms with Gasteiger partial charge < -0.3 is 14.0 Å². The van der Waals surface area contributed by atoms with E-state index in [1.807, 2.05) is 0 Å². The van der Waals surface area contributed by atoms with Crippen LogP contribution in [0.2, 0.25) is 0 Å². The third-order valence-electron chi connectivity index (χ3n) is 12.3. The second kappa shape index (κ2) is 14.3. The summed E-state index contributed by atoms with van der Waals surface area (Å²) in [7, 11) is 0. The molecule has 286 valence electrons. The second-order valence-electron chi connectivity index (χ2n) is 15.7. The van der Waals surface area contributed by atoms with E-state index in [2.05, 4.69) is 251 Å². The number of benzene rings is 10. The zero-order valence-electron chi connectivity index (χ0n) is 33.4. The summed E-state index contributed by atoms with van der Waals surface area (Å²) in [6, 6.07) is 86.0. The largest absolute Gasteiger partial charge is 0.309 e. The second-order valence-corrected chi connectivity index (χ2v) is 15.7. The molecule has 0 unspecified atom stereocenters. The zero-order valence-corrected chi connectivity index (χ0v) is 33.4. The normalized spacial score (nSPS) is 11.6. The standard InChI is InChI=1S/C58H39N3/c1-3-21-43(22-4-1)59-54-32-14-12-30-51(54)58-55(59)34-17-35-56(58)61(52-33-16-19-40-18-7-8-28-48(40)52)45-25-15-20-41(38-45)46-26-9-10-27-47(46)42-36-37-50-49-29-11-13-31-53(49)60(57(50)39-42)44-23-5-2-6-24-44/h1-39H. The molecule has 0 aliphatic heterocycles. The maximum absolute atomic E-state index is 2.48. The molecule has 0 bridgehead atoms. The van der Waals surface area contributed by atoms with Gasteiger partial charge in [-0.25, -0.2) is 0 Å². The van der Waals surface area contributed by atoms with Crippen molar-refractivity contribution in [3.8, 4) is 33.6 Å².